The fraction of sp³-hybridized carbons (Fsp3) is 0.364. The Hall–Kier alpha value is -1.64. The van der Waals surface area contributed by atoms with Crippen molar-refractivity contribution in [2.75, 3.05) is 19.6 Å². The topological polar surface area (TPSA) is 3.24 Å². The second-order valence-corrected chi connectivity index (χ2v) is 7.91. The monoisotopic (exact) mass is 335 g/mol. The highest BCUT2D eigenvalue weighted by Gasteiger charge is 2.21. The first-order valence-corrected chi connectivity index (χ1v) is 9.96. The first kappa shape index (κ1) is 15.9. The van der Waals surface area contributed by atoms with E-state index in [0.29, 0.717) is 0 Å². The van der Waals surface area contributed by atoms with Gasteiger partial charge in [-0.25, -0.2) is 0 Å². The van der Waals surface area contributed by atoms with Gasteiger partial charge in [-0.2, -0.15) is 0 Å². The molecular weight excluding hydrogens is 310 g/mol. The summed E-state index contributed by atoms with van der Waals surface area (Å²) in [5, 5.41) is 2.19. The van der Waals surface area contributed by atoms with E-state index in [-0.39, 0.29) is 0 Å². The molecule has 0 saturated heterocycles. The average molecular weight is 336 g/mol. The molecule has 0 bridgehead atoms. The molecule has 1 atom stereocenters. The van der Waals surface area contributed by atoms with Crippen LogP contribution in [0.25, 0.3) is 11.1 Å². The predicted octanol–water partition coefficient (Wildman–Crippen LogP) is 5.72. The minimum absolute atomic E-state index is 0.818. The molecule has 0 amide bonds. The zero-order valence-corrected chi connectivity index (χ0v) is 15.0. The zero-order chi connectivity index (χ0) is 16.2. The highest BCUT2D eigenvalue weighted by molar-refractivity contribution is 7.11. The van der Waals surface area contributed by atoms with Crippen LogP contribution in [-0.2, 0) is 0 Å². The fourth-order valence-electron chi connectivity index (χ4n) is 3.96. The van der Waals surface area contributed by atoms with Crippen LogP contribution in [0.2, 0.25) is 0 Å². The van der Waals surface area contributed by atoms with Crippen molar-refractivity contribution in [2.45, 2.75) is 25.7 Å². The molecule has 2 aliphatic rings. The van der Waals surface area contributed by atoms with E-state index in [1.165, 1.54) is 54.8 Å². The van der Waals surface area contributed by atoms with E-state index in [1.54, 1.807) is 5.57 Å². The average Bonchev–Trinajstić information content (AvgIpc) is 3.18. The molecule has 1 aliphatic carbocycles. The van der Waals surface area contributed by atoms with Crippen LogP contribution in [0.4, 0.5) is 0 Å². The van der Waals surface area contributed by atoms with Gasteiger partial charge in [0.05, 0.1) is 0 Å². The molecule has 0 unspecified atom stereocenters. The Bertz CT molecular complexity index is 712. The number of thiophene rings is 1. The molecule has 2 heteroatoms. The van der Waals surface area contributed by atoms with E-state index >= 15 is 0 Å². The van der Waals surface area contributed by atoms with Gasteiger partial charge in [0, 0.05) is 24.5 Å². The van der Waals surface area contributed by atoms with Crippen LogP contribution in [0, 0.1) is 5.92 Å². The van der Waals surface area contributed by atoms with Crippen LogP contribution >= 0.6 is 11.3 Å². The summed E-state index contributed by atoms with van der Waals surface area (Å²) in [6.07, 6.45) is 9.94. The molecule has 1 aromatic heterocycles. The van der Waals surface area contributed by atoms with Crippen LogP contribution in [0.5, 0.6) is 0 Å². The maximum absolute atomic E-state index is 2.65. The first-order valence-electron chi connectivity index (χ1n) is 9.08. The van der Waals surface area contributed by atoms with Gasteiger partial charge in [-0.05, 0) is 59.8 Å². The smallest absolute Gasteiger partial charge is 0.0299 e. The minimum Gasteiger partial charge on any atom is -0.299 e. The van der Waals surface area contributed by atoms with Crippen molar-refractivity contribution >= 4 is 22.5 Å². The van der Waals surface area contributed by atoms with Crippen molar-refractivity contribution < 1.29 is 0 Å². The number of nitrogens with zero attached hydrogens (tertiary/aromatic N) is 1. The molecule has 24 heavy (non-hydrogen) atoms. The van der Waals surface area contributed by atoms with Gasteiger partial charge in [0.2, 0.25) is 0 Å². The molecule has 2 aromatic rings. The zero-order valence-electron chi connectivity index (χ0n) is 14.2. The minimum atomic E-state index is 0.818. The van der Waals surface area contributed by atoms with Crippen molar-refractivity contribution in [3.63, 3.8) is 0 Å². The predicted molar refractivity (Wildman–Crippen MR) is 105 cm³/mol. The summed E-state index contributed by atoms with van der Waals surface area (Å²) in [5.74, 6) is 0.818. The first-order chi connectivity index (χ1) is 11.9. The quantitative estimate of drug-likeness (QED) is 0.690. The number of hydrogen-bond acceptors (Lipinski definition) is 2. The van der Waals surface area contributed by atoms with Crippen LogP contribution in [0.1, 0.15) is 36.1 Å². The lowest BCUT2D eigenvalue weighted by Crippen LogP contribution is -2.33. The van der Waals surface area contributed by atoms with E-state index in [1.807, 2.05) is 11.3 Å². The summed E-state index contributed by atoms with van der Waals surface area (Å²) in [6, 6.07) is 15.3. The summed E-state index contributed by atoms with van der Waals surface area (Å²) in [5.41, 5.74) is 4.51. The number of rotatable bonds is 4. The van der Waals surface area contributed by atoms with Gasteiger partial charge in [-0.15, -0.1) is 11.3 Å². The van der Waals surface area contributed by atoms with E-state index in [4.69, 9.17) is 0 Å². The normalized spacial score (nSPS) is 22.1. The second kappa shape index (κ2) is 7.50. The Morgan fingerprint density at radius 3 is 2.67 bits per heavy atom. The van der Waals surface area contributed by atoms with Crippen LogP contribution in [0.15, 0.2) is 60.0 Å². The number of hydrogen-bond donors (Lipinski definition) is 0. The number of allylic oxidation sites excluding steroid dienone is 2. The second-order valence-electron chi connectivity index (χ2n) is 6.96. The molecule has 124 valence electrons. The molecule has 0 radical (unpaired) electrons. The van der Waals surface area contributed by atoms with Crippen molar-refractivity contribution in [3.8, 4) is 0 Å². The van der Waals surface area contributed by atoms with Crippen molar-refractivity contribution in [1.29, 1.82) is 0 Å². The molecule has 0 N–H and O–H groups in total. The molecule has 1 nitrogen and oxygen atoms in total. The lowest BCUT2D eigenvalue weighted by atomic mass is 9.87. The fourth-order valence-corrected chi connectivity index (χ4v) is 4.74. The van der Waals surface area contributed by atoms with Crippen LogP contribution in [-0.4, -0.2) is 24.5 Å². The van der Waals surface area contributed by atoms with E-state index in [9.17, 15) is 0 Å². The Labute approximate surface area is 149 Å². The summed E-state index contributed by atoms with van der Waals surface area (Å²) in [4.78, 5) is 4.12. The molecule has 1 aromatic carbocycles. The molecule has 1 aliphatic heterocycles. The molecule has 2 heterocycles. The summed E-state index contributed by atoms with van der Waals surface area (Å²) < 4.78 is 0. The summed E-state index contributed by atoms with van der Waals surface area (Å²) in [7, 11) is 0. The highest BCUT2D eigenvalue weighted by Crippen LogP contribution is 2.34. The lowest BCUT2D eigenvalue weighted by Gasteiger charge is -2.32. The Kier molecular flexibility index (Phi) is 4.96. The van der Waals surface area contributed by atoms with Gasteiger partial charge in [0.15, 0.2) is 0 Å². The maximum atomic E-state index is 2.65. The van der Waals surface area contributed by atoms with Gasteiger partial charge in [-0.3, -0.25) is 4.90 Å². The van der Waals surface area contributed by atoms with Crippen molar-refractivity contribution in [3.05, 3.63) is 70.4 Å². The van der Waals surface area contributed by atoms with E-state index in [0.717, 1.165) is 12.5 Å². The maximum Gasteiger partial charge on any atom is 0.0299 e. The summed E-state index contributed by atoms with van der Waals surface area (Å²) in [6.45, 7) is 3.56. The van der Waals surface area contributed by atoms with Crippen molar-refractivity contribution in [2.24, 2.45) is 5.92 Å². The van der Waals surface area contributed by atoms with Gasteiger partial charge in [0.1, 0.15) is 0 Å². The lowest BCUT2D eigenvalue weighted by molar-refractivity contribution is 0.244. The van der Waals surface area contributed by atoms with Gasteiger partial charge in [0.25, 0.3) is 0 Å². The van der Waals surface area contributed by atoms with E-state index < -0.39 is 0 Å². The van der Waals surface area contributed by atoms with E-state index in [2.05, 4.69) is 64.9 Å². The van der Waals surface area contributed by atoms with Gasteiger partial charge >= 0.3 is 0 Å². The summed E-state index contributed by atoms with van der Waals surface area (Å²) >= 11 is 1.88. The van der Waals surface area contributed by atoms with Crippen LogP contribution < -0.4 is 0 Å². The standard InChI is InChI=1S/C22H25NS/c1-2-7-19(8-3-1)20-11-13-23(14-12-20)17-18-6-4-9-21(16-18)22-10-5-15-24-22/h1-3,5,7-11,15,18H,4,6,12-14,16-17H2/t18-/m1/s1. The largest absolute Gasteiger partial charge is 0.299 e. The third kappa shape index (κ3) is 3.71. The molecule has 0 fully saturated rings. The molecule has 4 rings (SSSR count). The third-order valence-corrected chi connectivity index (χ3v) is 6.21. The molecule has 0 saturated carbocycles. The Morgan fingerprint density at radius 2 is 1.92 bits per heavy atom. The highest BCUT2D eigenvalue weighted by atomic mass is 32.1. The molecule has 0 spiro atoms. The van der Waals surface area contributed by atoms with Crippen LogP contribution in [0.3, 0.4) is 0 Å². The number of benzene rings is 1. The van der Waals surface area contributed by atoms with Gasteiger partial charge in [-0.1, -0.05) is 48.6 Å². The molecular formula is C22H25NS. The van der Waals surface area contributed by atoms with Crippen molar-refractivity contribution in [1.82, 2.24) is 4.90 Å². The SMILES string of the molecule is C1=C(c2ccccc2)CCN(C[C@@H]2CCC=C(c3cccs3)C2)C1. The Morgan fingerprint density at radius 1 is 1.00 bits per heavy atom. The van der Waals surface area contributed by atoms with Gasteiger partial charge < -0.3 is 0 Å². The third-order valence-electron chi connectivity index (χ3n) is 5.27. The Balaban J connectivity index is 1.34.